The molecule has 1 amide bonds. The third kappa shape index (κ3) is 4.29. The number of rotatable bonds is 7. The lowest BCUT2D eigenvalue weighted by Gasteiger charge is -2.22. The zero-order chi connectivity index (χ0) is 13.5. The van der Waals surface area contributed by atoms with Crippen LogP contribution in [0.4, 0.5) is 0 Å². The highest BCUT2D eigenvalue weighted by Gasteiger charge is 2.29. The number of hydrogen-bond acceptors (Lipinski definition) is 3. The Labute approximate surface area is 108 Å². The Bertz CT molecular complexity index is 294. The molecule has 1 rings (SSSR count). The minimum Gasteiger partial charge on any atom is -0.481 e. The number of carboxylic acid groups (broad SMARTS) is 1. The molecule has 5 heteroatoms. The Hall–Kier alpha value is -1.10. The second kappa shape index (κ2) is 7.36. The summed E-state index contributed by atoms with van der Waals surface area (Å²) < 4.78 is 0. The summed E-state index contributed by atoms with van der Waals surface area (Å²) in [4.78, 5) is 24.6. The molecule has 0 bridgehead atoms. The molecule has 0 spiro atoms. The number of nitrogens with zero attached hydrogens (tertiary/aromatic N) is 1. The van der Waals surface area contributed by atoms with Crippen molar-refractivity contribution in [1.29, 1.82) is 0 Å². The van der Waals surface area contributed by atoms with E-state index in [2.05, 4.69) is 6.92 Å². The highest BCUT2D eigenvalue weighted by atomic mass is 16.4. The average Bonchev–Trinajstić information content (AvgIpc) is 2.81. The zero-order valence-corrected chi connectivity index (χ0v) is 11.1. The van der Waals surface area contributed by atoms with Crippen LogP contribution in [0.25, 0.3) is 0 Å². The summed E-state index contributed by atoms with van der Waals surface area (Å²) >= 11 is 0. The Morgan fingerprint density at radius 2 is 2.22 bits per heavy atom. The van der Waals surface area contributed by atoms with Crippen LogP contribution in [0.15, 0.2) is 0 Å². The molecule has 1 aliphatic rings. The molecule has 18 heavy (non-hydrogen) atoms. The zero-order valence-electron chi connectivity index (χ0n) is 11.1. The number of hydrogen-bond donors (Lipinski definition) is 2. The van der Waals surface area contributed by atoms with Gasteiger partial charge in [-0.05, 0) is 25.2 Å². The molecular weight excluding hydrogens is 232 g/mol. The monoisotopic (exact) mass is 256 g/mol. The normalized spacial score (nSPS) is 21.0. The topological polar surface area (TPSA) is 83.6 Å². The minimum absolute atomic E-state index is 0.0618. The van der Waals surface area contributed by atoms with Gasteiger partial charge in [-0.1, -0.05) is 13.3 Å². The van der Waals surface area contributed by atoms with E-state index < -0.39 is 5.97 Å². The molecule has 2 atom stereocenters. The van der Waals surface area contributed by atoms with Crippen molar-refractivity contribution in [2.75, 3.05) is 19.6 Å². The van der Waals surface area contributed by atoms with Gasteiger partial charge in [0.25, 0.3) is 0 Å². The van der Waals surface area contributed by atoms with Crippen molar-refractivity contribution in [2.45, 2.75) is 39.0 Å². The van der Waals surface area contributed by atoms with Crippen molar-refractivity contribution in [3.63, 3.8) is 0 Å². The third-order valence-electron chi connectivity index (χ3n) is 3.63. The van der Waals surface area contributed by atoms with Gasteiger partial charge in [-0.25, -0.2) is 0 Å². The molecule has 0 aromatic rings. The van der Waals surface area contributed by atoms with Crippen LogP contribution in [0.5, 0.6) is 0 Å². The first-order chi connectivity index (χ1) is 8.58. The lowest BCUT2D eigenvalue weighted by atomic mass is 10.0. The Balaban J connectivity index is 2.40. The highest BCUT2D eigenvalue weighted by Crippen LogP contribution is 2.23. The van der Waals surface area contributed by atoms with Gasteiger partial charge >= 0.3 is 5.97 Å². The fraction of sp³-hybridized carbons (Fsp3) is 0.846. The van der Waals surface area contributed by atoms with Gasteiger partial charge in [0, 0.05) is 26.1 Å². The molecule has 1 heterocycles. The molecule has 0 aromatic heterocycles. The molecule has 3 N–H and O–H groups in total. The van der Waals surface area contributed by atoms with Gasteiger partial charge in [-0.2, -0.15) is 0 Å². The number of aliphatic carboxylic acids is 1. The summed E-state index contributed by atoms with van der Waals surface area (Å²) in [6.45, 7) is 3.91. The molecule has 5 nitrogen and oxygen atoms in total. The van der Waals surface area contributed by atoms with Crippen LogP contribution >= 0.6 is 0 Å². The van der Waals surface area contributed by atoms with Crippen molar-refractivity contribution >= 4 is 11.9 Å². The summed E-state index contributed by atoms with van der Waals surface area (Å²) in [5, 5.41) is 8.65. The number of likely N-dealkylation sites (tertiary alicyclic amines) is 1. The first kappa shape index (κ1) is 15.0. The van der Waals surface area contributed by atoms with Gasteiger partial charge in [-0.3, -0.25) is 9.59 Å². The van der Waals surface area contributed by atoms with E-state index in [1.807, 2.05) is 4.90 Å². The second-order valence-electron chi connectivity index (χ2n) is 5.09. The maximum absolute atomic E-state index is 12.2. The predicted octanol–water partition coefficient (Wildman–Crippen LogP) is 1.07. The van der Waals surface area contributed by atoms with Crippen molar-refractivity contribution in [3.8, 4) is 0 Å². The van der Waals surface area contributed by atoms with Crippen LogP contribution in [0.1, 0.15) is 39.0 Å². The van der Waals surface area contributed by atoms with E-state index in [9.17, 15) is 9.59 Å². The van der Waals surface area contributed by atoms with Gasteiger partial charge < -0.3 is 15.7 Å². The van der Waals surface area contributed by atoms with E-state index in [0.717, 1.165) is 25.8 Å². The molecule has 2 unspecified atom stereocenters. The Morgan fingerprint density at radius 1 is 1.50 bits per heavy atom. The molecule has 0 aliphatic carbocycles. The van der Waals surface area contributed by atoms with Crippen LogP contribution in [0.2, 0.25) is 0 Å². The quantitative estimate of drug-likeness (QED) is 0.714. The summed E-state index contributed by atoms with van der Waals surface area (Å²) in [6, 6.07) is 0. The SMILES string of the molecule is CCCC(CN)C(=O)N1CCC(CCC(=O)O)C1. The van der Waals surface area contributed by atoms with Crippen molar-refractivity contribution < 1.29 is 14.7 Å². The summed E-state index contributed by atoms with van der Waals surface area (Å²) in [7, 11) is 0. The summed E-state index contributed by atoms with van der Waals surface area (Å²) in [5.41, 5.74) is 5.64. The van der Waals surface area contributed by atoms with Crippen LogP contribution in [0.3, 0.4) is 0 Å². The van der Waals surface area contributed by atoms with Gasteiger partial charge in [0.05, 0.1) is 5.92 Å². The minimum atomic E-state index is -0.759. The molecule has 1 aliphatic heterocycles. The van der Waals surface area contributed by atoms with E-state index >= 15 is 0 Å². The molecule has 0 radical (unpaired) electrons. The number of carboxylic acids is 1. The van der Waals surface area contributed by atoms with Crippen LogP contribution < -0.4 is 5.73 Å². The van der Waals surface area contributed by atoms with E-state index in [0.29, 0.717) is 25.4 Å². The Morgan fingerprint density at radius 3 is 2.78 bits per heavy atom. The van der Waals surface area contributed by atoms with Crippen molar-refractivity contribution in [1.82, 2.24) is 4.90 Å². The molecule has 1 fully saturated rings. The fourth-order valence-corrected chi connectivity index (χ4v) is 2.54. The van der Waals surface area contributed by atoms with E-state index in [1.54, 1.807) is 0 Å². The van der Waals surface area contributed by atoms with Gasteiger partial charge in [0.1, 0.15) is 0 Å². The van der Waals surface area contributed by atoms with Gasteiger partial charge in [0.2, 0.25) is 5.91 Å². The summed E-state index contributed by atoms with van der Waals surface area (Å²) in [5.74, 6) is -0.332. The van der Waals surface area contributed by atoms with Gasteiger partial charge in [0.15, 0.2) is 0 Å². The third-order valence-corrected chi connectivity index (χ3v) is 3.63. The molecule has 0 saturated carbocycles. The molecule has 104 valence electrons. The lowest BCUT2D eigenvalue weighted by molar-refractivity contribution is -0.137. The number of carbonyl (C=O) groups is 2. The van der Waals surface area contributed by atoms with Gasteiger partial charge in [-0.15, -0.1) is 0 Å². The number of nitrogens with two attached hydrogens (primary N) is 1. The predicted molar refractivity (Wildman–Crippen MR) is 69.0 cm³/mol. The van der Waals surface area contributed by atoms with E-state index in [-0.39, 0.29) is 18.2 Å². The lowest BCUT2D eigenvalue weighted by Crippen LogP contribution is -2.37. The van der Waals surface area contributed by atoms with Crippen LogP contribution in [0, 0.1) is 11.8 Å². The largest absolute Gasteiger partial charge is 0.481 e. The van der Waals surface area contributed by atoms with E-state index in [4.69, 9.17) is 10.8 Å². The molecule has 0 aromatic carbocycles. The number of carbonyl (C=O) groups excluding carboxylic acids is 1. The first-order valence-electron chi connectivity index (χ1n) is 6.79. The smallest absolute Gasteiger partial charge is 0.303 e. The molecular formula is C13H24N2O3. The standard InChI is InChI=1S/C13H24N2O3/c1-2-3-11(8-14)13(18)15-7-6-10(9-15)4-5-12(16)17/h10-11H,2-9,14H2,1H3,(H,16,17). The average molecular weight is 256 g/mol. The Kier molecular flexibility index (Phi) is 6.12. The highest BCUT2D eigenvalue weighted by molar-refractivity contribution is 5.79. The van der Waals surface area contributed by atoms with E-state index in [1.165, 1.54) is 0 Å². The van der Waals surface area contributed by atoms with Crippen molar-refractivity contribution in [2.24, 2.45) is 17.6 Å². The molecule has 1 saturated heterocycles. The van der Waals surface area contributed by atoms with Crippen LogP contribution in [-0.2, 0) is 9.59 Å². The maximum atomic E-state index is 12.2. The fourth-order valence-electron chi connectivity index (χ4n) is 2.54. The summed E-state index contributed by atoms with van der Waals surface area (Å²) in [6.07, 6.45) is 3.58. The second-order valence-corrected chi connectivity index (χ2v) is 5.09. The first-order valence-corrected chi connectivity index (χ1v) is 6.79. The number of amides is 1. The van der Waals surface area contributed by atoms with Crippen LogP contribution in [-0.4, -0.2) is 41.5 Å². The van der Waals surface area contributed by atoms with Crippen molar-refractivity contribution in [3.05, 3.63) is 0 Å². The maximum Gasteiger partial charge on any atom is 0.303 e.